The van der Waals surface area contributed by atoms with E-state index in [1.54, 1.807) is 7.05 Å². The van der Waals surface area contributed by atoms with Crippen molar-refractivity contribution >= 4 is 39.3 Å². The summed E-state index contributed by atoms with van der Waals surface area (Å²) in [4.78, 5) is 30.3. The van der Waals surface area contributed by atoms with E-state index in [1.165, 1.54) is 43.4 Å². The standard InChI is InChI=1S/C24H25FN8O2/c1-28-18-6-13(25)5-15-19-22(30-20(15)18)31-24(35-14-4-12(21(27)34)7-29-8-14)32-23(19)33-9-16(11-2-3-11)17(26)10-33/h4-8,11,16-17,28H,2-3,9-10,26H2,1H3,(H2,27,34)(H,30,31,32)/t16?,17-/m0/s1. The number of pyridine rings is 1. The van der Waals surface area contributed by atoms with Crippen molar-refractivity contribution in [2.45, 2.75) is 18.9 Å². The molecule has 2 atom stereocenters. The van der Waals surface area contributed by atoms with E-state index < -0.39 is 5.91 Å². The van der Waals surface area contributed by atoms with Crippen LogP contribution in [0.1, 0.15) is 23.2 Å². The van der Waals surface area contributed by atoms with Gasteiger partial charge in [0.2, 0.25) is 5.91 Å². The molecule has 4 heterocycles. The summed E-state index contributed by atoms with van der Waals surface area (Å²) in [6, 6.07) is 4.49. The Balaban J connectivity index is 1.50. The van der Waals surface area contributed by atoms with Crippen LogP contribution in [0.3, 0.4) is 0 Å². The largest absolute Gasteiger partial charge is 0.423 e. The van der Waals surface area contributed by atoms with Crippen molar-refractivity contribution in [2.75, 3.05) is 30.4 Å². The number of halogens is 1. The number of carbonyl (C=O) groups excluding carboxylic acids is 1. The number of ether oxygens (including phenoxy) is 1. The van der Waals surface area contributed by atoms with E-state index in [2.05, 4.69) is 25.2 Å². The van der Waals surface area contributed by atoms with Crippen LogP contribution < -0.4 is 26.4 Å². The third-order valence-corrected chi connectivity index (χ3v) is 6.90. The van der Waals surface area contributed by atoms with Gasteiger partial charge in [0.25, 0.3) is 0 Å². The summed E-state index contributed by atoms with van der Waals surface area (Å²) >= 11 is 0. The Morgan fingerprint density at radius 2 is 2.06 bits per heavy atom. The van der Waals surface area contributed by atoms with Crippen molar-refractivity contribution in [1.29, 1.82) is 0 Å². The average Bonchev–Trinajstić information content (AvgIpc) is 3.51. The van der Waals surface area contributed by atoms with Gasteiger partial charge in [0, 0.05) is 37.8 Å². The third-order valence-electron chi connectivity index (χ3n) is 6.90. The molecule has 1 aliphatic heterocycles. The molecule has 1 saturated heterocycles. The fraction of sp³-hybridized carbons (Fsp3) is 0.333. The number of anilines is 2. The van der Waals surface area contributed by atoms with Crippen LogP contribution in [0.5, 0.6) is 11.8 Å². The van der Waals surface area contributed by atoms with Gasteiger partial charge in [-0.05, 0) is 42.9 Å². The number of amides is 1. The van der Waals surface area contributed by atoms with Gasteiger partial charge in [-0.2, -0.15) is 9.97 Å². The molecular formula is C24H25FN8O2. The Hall–Kier alpha value is -3.99. The number of benzene rings is 1. The molecule has 11 heteroatoms. The van der Waals surface area contributed by atoms with Crippen LogP contribution in [0.15, 0.2) is 30.6 Å². The highest BCUT2D eigenvalue weighted by Crippen LogP contribution is 2.44. The fourth-order valence-corrected chi connectivity index (χ4v) is 5.06. The highest BCUT2D eigenvalue weighted by Gasteiger charge is 2.42. The van der Waals surface area contributed by atoms with Crippen LogP contribution in [-0.2, 0) is 0 Å². The average molecular weight is 477 g/mol. The number of hydrogen-bond acceptors (Lipinski definition) is 8. The monoisotopic (exact) mass is 476 g/mol. The summed E-state index contributed by atoms with van der Waals surface area (Å²) in [6.07, 6.45) is 5.22. The molecular weight excluding hydrogens is 451 g/mol. The van der Waals surface area contributed by atoms with Gasteiger partial charge in [-0.25, -0.2) is 4.39 Å². The number of carbonyl (C=O) groups is 1. The van der Waals surface area contributed by atoms with Crippen LogP contribution in [0.4, 0.5) is 15.9 Å². The van der Waals surface area contributed by atoms with Gasteiger partial charge < -0.3 is 31.4 Å². The maximum atomic E-state index is 14.5. The van der Waals surface area contributed by atoms with Gasteiger partial charge in [0.15, 0.2) is 0 Å². The molecule has 0 bridgehead atoms. The summed E-state index contributed by atoms with van der Waals surface area (Å²) in [5.41, 5.74) is 13.9. The van der Waals surface area contributed by atoms with E-state index in [9.17, 15) is 9.18 Å². The predicted octanol–water partition coefficient (Wildman–Crippen LogP) is 2.75. The molecule has 2 aliphatic rings. The van der Waals surface area contributed by atoms with Crippen molar-refractivity contribution in [3.05, 3.63) is 42.0 Å². The van der Waals surface area contributed by atoms with E-state index >= 15 is 0 Å². The van der Waals surface area contributed by atoms with Crippen molar-refractivity contribution in [1.82, 2.24) is 19.9 Å². The summed E-state index contributed by atoms with van der Waals surface area (Å²) in [5.74, 6) is 0.949. The number of primary amides is 1. The SMILES string of the molecule is CNc1cc(F)cc2c1[nH]c1nc(Oc3cncc(C(N)=O)c3)nc(N3CC(C4CC4)[C@@H](N)C3)c12. The zero-order valence-corrected chi connectivity index (χ0v) is 19.1. The van der Waals surface area contributed by atoms with Crippen LogP contribution in [-0.4, -0.2) is 52.0 Å². The third kappa shape index (κ3) is 3.77. The van der Waals surface area contributed by atoms with Crippen LogP contribution in [0.2, 0.25) is 0 Å². The highest BCUT2D eigenvalue weighted by molar-refractivity contribution is 6.14. The second-order valence-corrected chi connectivity index (χ2v) is 9.25. The van der Waals surface area contributed by atoms with E-state index in [0.717, 1.165) is 12.1 Å². The zero-order valence-electron chi connectivity index (χ0n) is 19.1. The summed E-state index contributed by atoms with van der Waals surface area (Å²) in [7, 11) is 1.74. The molecule has 2 fully saturated rings. The molecule has 10 nitrogen and oxygen atoms in total. The Labute approximate surface area is 199 Å². The first-order valence-corrected chi connectivity index (χ1v) is 11.5. The summed E-state index contributed by atoms with van der Waals surface area (Å²) < 4.78 is 20.4. The molecule has 1 aliphatic carbocycles. The van der Waals surface area contributed by atoms with Gasteiger partial charge in [-0.1, -0.05) is 0 Å². The second kappa shape index (κ2) is 8.05. The van der Waals surface area contributed by atoms with Crippen molar-refractivity contribution < 1.29 is 13.9 Å². The van der Waals surface area contributed by atoms with E-state index in [0.29, 0.717) is 46.3 Å². The maximum absolute atomic E-state index is 14.5. The van der Waals surface area contributed by atoms with Gasteiger partial charge >= 0.3 is 6.01 Å². The zero-order chi connectivity index (χ0) is 24.3. The molecule has 0 spiro atoms. The molecule has 0 radical (unpaired) electrons. The van der Waals surface area contributed by atoms with Crippen molar-refractivity contribution in [2.24, 2.45) is 23.3 Å². The number of rotatable bonds is 6. The van der Waals surface area contributed by atoms with Crippen LogP contribution >= 0.6 is 0 Å². The lowest BCUT2D eigenvalue weighted by Gasteiger charge is -2.19. The van der Waals surface area contributed by atoms with Crippen molar-refractivity contribution in [3.8, 4) is 11.8 Å². The minimum atomic E-state index is -0.616. The Morgan fingerprint density at radius 1 is 1.23 bits per heavy atom. The molecule has 1 saturated carbocycles. The topological polar surface area (TPSA) is 148 Å². The molecule has 180 valence electrons. The Morgan fingerprint density at radius 3 is 2.80 bits per heavy atom. The Bertz CT molecular complexity index is 1470. The molecule has 1 amide bonds. The first kappa shape index (κ1) is 21.5. The lowest BCUT2D eigenvalue weighted by molar-refractivity contribution is 0.0999. The summed E-state index contributed by atoms with van der Waals surface area (Å²) in [5, 5.41) is 4.41. The normalized spacial score (nSPS) is 20.0. The van der Waals surface area contributed by atoms with Gasteiger partial charge in [-0.15, -0.1) is 0 Å². The van der Waals surface area contributed by atoms with Gasteiger partial charge in [0.05, 0.1) is 28.4 Å². The second-order valence-electron chi connectivity index (χ2n) is 9.25. The van der Waals surface area contributed by atoms with Gasteiger partial charge in [-0.3, -0.25) is 9.78 Å². The molecule has 4 aromatic rings. The van der Waals surface area contributed by atoms with E-state index in [-0.39, 0.29) is 29.2 Å². The van der Waals surface area contributed by atoms with Crippen LogP contribution in [0, 0.1) is 17.7 Å². The number of fused-ring (bicyclic) bond motifs is 3. The quantitative estimate of drug-likeness (QED) is 0.332. The first-order valence-electron chi connectivity index (χ1n) is 11.5. The lowest BCUT2D eigenvalue weighted by atomic mass is 9.99. The molecule has 1 aromatic carbocycles. The number of aromatic amines is 1. The van der Waals surface area contributed by atoms with E-state index in [4.69, 9.17) is 21.2 Å². The number of nitrogens with two attached hydrogens (primary N) is 2. The molecule has 3 aromatic heterocycles. The van der Waals surface area contributed by atoms with Gasteiger partial charge in [0.1, 0.15) is 23.0 Å². The van der Waals surface area contributed by atoms with E-state index in [1.807, 2.05) is 0 Å². The number of nitrogens with zero attached hydrogens (tertiary/aromatic N) is 4. The first-order chi connectivity index (χ1) is 16.9. The highest BCUT2D eigenvalue weighted by atomic mass is 19.1. The predicted molar refractivity (Wildman–Crippen MR) is 130 cm³/mol. The summed E-state index contributed by atoms with van der Waals surface area (Å²) in [6.45, 7) is 1.39. The number of aromatic nitrogens is 4. The minimum Gasteiger partial charge on any atom is -0.423 e. The molecule has 6 N–H and O–H groups in total. The smallest absolute Gasteiger partial charge is 0.326 e. The van der Waals surface area contributed by atoms with Crippen molar-refractivity contribution in [3.63, 3.8) is 0 Å². The Kier molecular flexibility index (Phi) is 4.95. The molecule has 1 unspecified atom stereocenters. The number of hydrogen-bond donors (Lipinski definition) is 4. The lowest BCUT2D eigenvalue weighted by Crippen LogP contribution is -2.30. The minimum absolute atomic E-state index is 0.0307. The molecule has 35 heavy (non-hydrogen) atoms. The fourth-order valence-electron chi connectivity index (χ4n) is 5.06. The molecule has 6 rings (SSSR count). The van der Waals surface area contributed by atoms with Crippen LogP contribution in [0.25, 0.3) is 21.9 Å². The number of H-pyrrole nitrogens is 1. The maximum Gasteiger partial charge on any atom is 0.326 e. The number of nitrogens with one attached hydrogen (secondary N) is 2.